The van der Waals surface area contributed by atoms with Gasteiger partial charge in [-0.05, 0) is 37.7 Å². The molecule has 0 amide bonds. The van der Waals surface area contributed by atoms with Crippen LogP contribution >= 0.6 is 0 Å². The first-order chi connectivity index (χ1) is 14.3. The molecule has 1 aromatic rings. The number of nitrogens with one attached hydrogen (secondary N) is 2. The van der Waals surface area contributed by atoms with Gasteiger partial charge >= 0.3 is 0 Å². The van der Waals surface area contributed by atoms with Crippen molar-refractivity contribution >= 4 is 11.8 Å². The smallest absolute Gasteiger partial charge is 0.191 e. The molecule has 0 unspecified atom stereocenters. The van der Waals surface area contributed by atoms with Crippen molar-refractivity contribution in [1.82, 2.24) is 15.6 Å². The van der Waals surface area contributed by atoms with Crippen molar-refractivity contribution in [2.75, 3.05) is 58.0 Å². The molecule has 162 valence electrons. The van der Waals surface area contributed by atoms with Crippen LogP contribution in [0.3, 0.4) is 0 Å². The lowest BCUT2D eigenvalue weighted by Crippen LogP contribution is -2.43. The number of anilines is 1. The minimum atomic E-state index is 0.333. The zero-order valence-electron chi connectivity index (χ0n) is 18.1. The maximum atomic E-state index is 5.64. The van der Waals surface area contributed by atoms with Crippen LogP contribution in [-0.4, -0.2) is 64.1 Å². The molecule has 29 heavy (non-hydrogen) atoms. The second kappa shape index (κ2) is 11.4. The lowest BCUT2D eigenvalue weighted by Gasteiger charge is -2.31. The third-order valence-electron chi connectivity index (χ3n) is 6.12. The van der Waals surface area contributed by atoms with E-state index in [1.807, 2.05) is 19.3 Å². The minimum Gasteiger partial charge on any atom is -0.382 e. The van der Waals surface area contributed by atoms with Crippen LogP contribution in [0.1, 0.15) is 44.6 Å². The van der Waals surface area contributed by atoms with Crippen LogP contribution in [0.2, 0.25) is 0 Å². The molecule has 0 bridgehead atoms. The maximum Gasteiger partial charge on any atom is 0.191 e. The second-order valence-corrected chi connectivity index (χ2v) is 8.02. The molecule has 7 heteroatoms. The Labute approximate surface area is 175 Å². The molecule has 3 rings (SSSR count). The van der Waals surface area contributed by atoms with Crippen molar-refractivity contribution in [3.05, 3.63) is 23.9 Å². The summed E-state index contributed by atoms with van der Waals surface area (Å²) in [6, 6.07) is 4.14. The Kier molecular flexibility index (Phi) is 8.55. The number of rotatable bonds is 9. The van der Waals surface area contributed by atoms with Crippen molar-refractivity contribution in [2.24, 2.45) is 10.4 Å². The van der Waals surface area contributed by atoms with E-state index in [1.165, 1.54) is 31.2 Å². The van der Waals surface area contributed by atoms with Crippen molar-refractivity contribution in [3.63, 3.8) is 0 Å². The van der Waals surface area contributed by atoms with Gasteiger partial charge in [0.2, 0.25) is 0 Å². The largest absolute Gasteiger partial charge is 0.382 e. The van der Waals surface area contributed by atoms with Crippen molar-refractivity contribution in [1.29, 1.82) is 0 Å². The second-order valence-electron chi connectivity index (χ2n) is 8.02. The highest BCUT2D eigenvalue weighted by atomic mass is 16.5. The molecule has 0 radical (unpaired) electrons. The fraction of sp³-hybridized carbons (Fsp3) is 0.727. The third-order valence-corrected chi connectivity index (χ3v) is 6.12. The van der Waals surface area contributed by atoms with Crippen LogP contribution in [0.4, 0.5) is 5.82 Å². The number of ether oxygens (including phenoxy) is 2. The SMILES string of the molecule is CCOCCC1(CNC(=NC)NCc2cccnc2N2CCOCC2)CCCC1. The normalized spacial score (nSPS) is 19.4. The summed E-state index contributed by atoms with van der Waals surface area (Å²) in [6.07, 6.45) is 8.16. The summed E-state index contributed by atoms with van der Waals surface area (Å²) in [5, 5.41) is 7.06. The van der Waals surface area contributed by atoms with E-state index in [-0.39, 0.29) is 0 Å². The molecule has 1 aliphatic heterocycles. The highest BCUT2D eigenvalue weighted by molar-refractivity contribution is 5.79. The number of morpholine rings is 1. The monoisotopic (exact) mass is 403 g/mol. The molecule has 1 aliphatic carbocycles. The van der Waals surface area contributed by atoms with Gasteiger partial charge in [-0.15, -0.1) is 0 Å². The average Bonchev–Trinajstić information content (AvgIpc) is 3.24. The van der Waals surface area contributed by atoms with Crippen molar-refractivity contribution in [2.45, 2.75) is 45.6 Å². The van der Waals surface area contributed by atoms with Crippen molar-refractivity contribution < 1.29 is 9.47 Å². The molecule has 2 aliphatic rings. The first-order valence-electron chi connectivity index (χ1n) is 11.1. The van der Waals surface area contributed by atoms with Gasteiger partial charge in [-0.3, -0.25) is 4.99 Å². The topological polar surface area (TPSA) is 71.0 Å². The molecule has 0 atom stereocenters. The Balaban J connectivity index is 1.54. The molecule has 0 spiro atoms. The quantitative estimate of drug-likeness (QED) is 0.375. The number of hydrogen-bond acceptors (Lipinski definition) is 5. The number of hydrogen-bond donors (Lipinski definition) is 2. The molecule has 2 N–H and O–H groups in total. The van der Waals surface area contributed by atoms with E-state index in [0.29, 0.717) is 12.0 Å². The summed E-state index contributed by atoms with van der Waals surface area (Å²) in [5.41, 5.74) is 1.52. The number of guanidine groups is 1. The fourth-order valence-electron chi connectivity index (χ4n) is 4.37. The molecule has 7 nitrogen and oxygen atoms in total. The molecule has 1 saturated heterocycles. The molecule has 2 fully saturated rings. The highest BCUT2D eigenvalue weighted by Gasteiger charge is 2.33. The van der Waals surface area contributed by atoms with Gasteiger partial charge in [0.25, 0.3) is 0 Å². The van der Waals surface area contributed by atoms with Gasteiger partial charge in [0.1, 0.15) is 5.82 Å². The molecule has 1 saturated carbocycles. The Morgan fingerprint density at radius 3 is 2.79 bits per heavy atom. The summed E-state index contributed by atoms with van der Waals surface area (Å²) in [6.45, 7) is 8.65. The van der Waals surface area contributed by atoms with Gasteiger partial charge in [0.05, 0.1) is 13.2 Å². The lowest BCUT2D eigenvalue weighted by atomic mass is 9.83. The van der Waals surface area contributed by atoms with E-state index in [4.69, 9.17) is 9.47 Å². The van der Waals surface area contributed by atoms with Crippen LogP contribution in [0, 0.1) is 5.41 Å². The molecule has 2 heterocycles. The molecular weight excluding hydrogens is 366 g/mol. The van der Waals surface area contributed by atoms with E-state index < -0.39 is 0 Å². The zero-order chi connectivity index (χ0) is 20.4. The van der Waals surface area contributed by atoms with Gasteiger partial charge < -0.3 is 25.0 Å². The van der Waals surface area contributed by atoms with Crippen LogP contribution in [0.5, 0.6) is 0 Å². The Bertz CT molecular complexity index is 640. The van der Waals surface area contributed by atoms with Gasteiger partial charge in [0, 0.05) is 58.2 Å². The molecule has 0 aromatic carbocycles. The first-order valence-corrected chi connectivity index (χ1v) is 11.1. The van der Waals surface area contributed by atoms with Crippen molar-refractivity contribution in [3.8, 4) is 0 Å². The van der Waals surface area contributed by atoms with Crippen LogP contribution in [0.25, 0.3) is 0 Å². The van der Waals surface area contributed by atoms with Gasteiger partial charge in [0.15, 0.2) is 5.96 Å². The van der Waals surface area contributed by atoms with Gasteiger partial charge in [-0.1, -0.05) is 18.9 Å². The van der Waals surface area contributed by atoms with E-state index in [1.54, 1.807) is 0 Å². The first kappa shape index (κ1) is 21.8. The minimum absolute atomic E-state index is 0.333. The lowest BCUT2D eigenvalue weighted by molar-refractivity contribution is 0.105. The average molecular weight is 404 g/mol. The number of aliphatic imine (C=N–C) groups is 1. The Morgan fingerprint density at radius 1 is 1.28 bits per heavy atom. The third kappa shape index (κ3) is 6.31. The maximum absolute atomic E-state index is 5.64. The van der Waals surface area contributed by atoms with Gasteiger partial charge in [-0.2, -0.15) is 0 Å². The van der Waals surface area contributed by atoms with Gasteiger partial charge in [-0.25, -0.2) is 4.98 Å². The molecule has 1 aromatic heterocycles. The Hall–Kier alpha value is -1.86. The van der Waals surface area contributed by atoms with E-state index in [9.17, 15) is 0 Å². The summed E-state index contributed by atoms with van der Waals surface area (Å²) in [5.74, 6) is 1.90. The summed E-state index contributed by atoms with van der Waals surface area (Å²) in [7, 11) is 1.84. The fourth-order valence-corrected chi connectivity index (χ4v) is 4.37. The summed E-state index contributed by atoms with van der Waals surface area (Å²) >= 11 is 0. The van der Waals surface area contributed by atoms with E-state index in [0.717, 1.165) is 64.3 Å². The van der Waals surface area contributed by atoms with Crippen LogP contribution in [0.15, 0.2) is 23.3 Å². The van der Waals surface area contributed by atoms with Crippen LogP contribution in [-0.2, 0) is 16.0 Å². The number of aromatic nitrogens is 1. The summed E-state index contributed by atoms with van der Waals surface area (Å²) < 4.78 is 11.1. The predicted octanol–water partition coefficient (Wildman–Crippen LogP) is 2.57. The molecular formula is C22H37N5O2. The zero-order valence-corrected chi connectivity index (χ0v) is 18.1. The number of nitrogens with zero attached hydrogens (tertiary/aromatic N) is 3. The summed E-state index contributed by atoms with van der Waals surface area (Å²) in [4.78, 5) is 11.4. The van der Waals surface area contributed by atoms with Crippen LogP contribution < -0.4 is 15.5 Å². The van der Waals surface area contributed by atoms with E-state index >= 15 is 0 Å². The standard InChI is InChI=1S/C22H37N5O2/c1-3-28-14-10-22(8-4-5-9-22)18-26-21(23-2)25-17-19-7-6-11-24-20(19)27-12-15-29-16-13-27/h6-7,11H,3-5,8-10,12-18H2,1-2H3,(H2,23,25,26). The predicted molar refractivity (Wildman–Crippen MR) is 117 cm³/mol. The van der Waals surface area contributed by atoms with E-state index in [2.05, 4.69) is 38.5 Å². The highest BCUT2D eigenvalue weighted by Crippen LogP contribution is 2.40. The number of pyridine rings is 1. The Morgan fingerprint density at radius 2 is 2.07 bits per heavy atom.